The van der Waals surface area contributed by atoms with Crippen LogP contribution in [0.2, 0.25) is 0 Å². The molecule has 0 saturated carbocycles. The molecule has 2 nitrogen and oxygen atoms in total. The van der Waals surface area contributed by atoms with Crippen molar-refractivity contribution in [2.75, 3.05) is 13.2 Å². The fraction of sp³-hybridized carbons (Fsp3) is 0.684. The van der Waals surface area contributed by atoms with Gasteiger partial charge in [0, 0.05) is 12.6 Å². The highest BCUT2D eigenvalue weighted by Gasteiger charge is 2.25. The molecule has 1 aliphatic rings. The number of fused-ring (bicyclic) bond motifs is 1. The zero-order chi connectivity index (χ0) is 15.2. The van der Waals surface area contributed by atoms with E-state index in [2.05, 4.69) is 51.2 Å². The zero-order valence-corrected chi connectivity index (χ0v) is 14.1. The monoisotopic (exact) mass is 289 g/mol. The molecule has 21 heavy (non-hydrogen) atoms. The van der Waals surface area contributed by atoms with Gasteiger partial charge in [-0.25, -0.2) is 0 Å². The first kappa shape index (κ1) is 16.5. The van der Waals surface area contributed by atoms with Crippen molar-refractivity contribution in [2.24, 2.45) is 5.92 Å². The standard InChI is InChI=1S/C19H31NO/c1-5-20-18(19(14(3)4)21-6-2)13-15-10-11-16-8-7-9-17(16)12-15/h10-12,14,18-20H,5-9,13H2,1-4H3. The van der Waals surface area contributed by atoms with Crippen LogP contribution in [0, 0.1) is 5.92 Å². The maximum absolute atomic E-state index is 6.02. The van der Waals surface area contributed by atoms with Gasteiger partial charge in [-0.15, -0.1) is 0 Å². The van der Waals surface area contributed by atoms with Crippen molar-refractivity contribution in [3.8, 4) is 0 Å². The van der Waals surface area contributed by atoms with Gasteiger partial charge in [-0.3, -0.25) is 0 Å². The Hall–Kier alpha value is -0.860. The Balaban J connectivity index is 2.11. The summed E-state index contributed by atoms with van der Waals surface area (Å²) in [5.41, 5.74) is 4.58. The van der Waals surface area contributed by atoms with Crippen molar-refractivity contribution in [3.63, 3.8) is 0 Å². The molecule has 1 aliphatic carbocycles. The molecule has 0 saturated heterocycles. The highest BCUT2D eigenvalue weighted by atomic mass is 16.5. The zero-order valence-electron chi connectivity index (χ0n) is 14.1. The Bertz CT molecular complexity index is 441. The average Bonchev–Trinajstić information content (AvgIpc) is 2.91. The lowest BCUT2D eigenvalue weighted by molar-refractivity contribution is 0.00395. The van der Waals surface area contributed by atoms with Gasteiger partial charge in [-0.05, 0) is 61.8 Å². The van der Waals surface area contributed by atoms with E-state index in [-0.39, 0.29) is 6.10 Å². The van der Waals surface area contributed by atoms with Crippen molar-refractivity contribution in [1.82, 2.24) is 5.32 Å². The lowest BCUT2D eigenvalue weighted by atomic mass is 9.92. The number of rotatable bonds is 8. The first-order chi connectivity index (χ1) is 10.2. The molecule has 0 amide bonds. The summed E-state index contributed by atoms with van der Waals surface area (Å²) in [5.74, 6) is 0.531. The number of aryl methyl sites for hydroxylation is 2. The van der Waals surface area contributed by atoms with E-state index in [1.807, 2.05) is 0 Å². The second-order valence-corrected chi connectivity index (χ2v) is 6.49. The summed E-state index contributed by atoms with van der Waals surface area (Å²) in [6.07, 6.45) is 5.18. The number of likely N-dealkylation sites (N-methyl/N-ethyl adjacent to an activating group) is 1. The Morgan fingerprint density at radius 1 is 1.14 bits per heavy atom. The molecule has 0 spiro atoms. The maximum Gasteiger partial charge on any atom is 0.0753 e. The predicted molar refractivity (Wildman–Crippen MR) is 89.9 cm³/mol. The summed E-state index contributed by atoms with van der Waals surface area (Å²) in [5, 5.41) is 3.64. The SMILES string of the molecule is CCNC(Cc1ccc2c(c1)CCC2)C(OCC)C(C)C. The van der Waals surface area contributed by atoms with Crippen LogP contribution in [0.4, 0.5) is 0 Å². The van der Waals surface area contributed by atoms with E-state index in [1.54, 1.807) is 11.1 Å². The summed E-state index contributed by atoms with van der Waals surface area (Å²) >= 11 is 0. The molecule has 0 fully saturated rings. The molecule has 2 unspecified atom stereocenters. The fourth-order valence-electron chi connectivity index (χ4n) is 3.54. The lowest BCUT2D eigenvalue weighted by Crippen LogP contribution is -2.45. The number of nitrogens with one attached hydrogen (secondary N) is 1. The van der Waals surface area contributed by atoms with Crippen LogP contribution in [0.3, 0.4) is 0 Å². The molecule has 0 aliphatic heterocycles. The normalized spacial score (nSPS) is 17.0. The minimum Gasteiger partial charge on any atom is -0.377 e. The van der Waals surface area contributed by atoms with Crippen LogP contribution in [0.1, 0.15) is 50.8 Å². The smallest absolute Gasteiger partial charge is 0.0753 e. The molecule has 1 aromatic rings. The van der Waals surface area contributed by atoms with Gasteiger partial charge in [-0.2, -0.15) is 0 Å². The van der Waals surface area contributed by atoms with Crippen LogP contribution in [0.25, 0.3) is 0 Å². The molecule has 0 radical (unpaired) electrons. The van der Waals surface area contributed by atoms with E-state index >= 15 is 0 Å². The quantitative estimate of drug-likeness (QED) is 0.787. The Morgan fingerprint density at radius 3 is 2.57 bits per heavy atom. The third-order valence-corrected chi connectivity index (χ3v) is 4.50. The van der Waals surface area contributed by atoms with Gasteiger partial charge in [-0.1, -0.05) is 39.0 Å². The van der Waals surface area contributed by atoms with Crippen LogP contribution in [0.5, 0.6) is 0 Å². The summed E-state index contributed by atoms with van der Waals surface area (Å²) in [7, 11) is 0. The summed E-state index contributed by atoms with van der Waals surface area (Å²) in [6, 6.07) is 7.48. The van der Waals surface area contributed by atoms with Gasteiger partial charge in [0.15, 0.2) is 0 Å². The second-order valence-electron chi connectivity index (χ2n) is 6.49. The van der Waals surface area contributed by atoms with Crippen molar-refractivity contribution in [1.29, 1.82) is 0 Å². The number of ether oxygens (including phenoxy) is 1. The van der Waals surface area contributed by atoms with Gasteiger partial charge >= 0.3 is 0 Å². The fourth-order valence-corrected chi connectivity index (χ4v) is 3.54. The van der Waals surface area contributed by atoms with Crippen molar-refractivity contribution < 1.29 is 4.74 Å². The minimum atomic E-state index is 0.281. The van der Waals surface area contributed by atoms with E-state index in [0.717, 1.165) is 19.6 Å². The largest absolute Gasteiger partial charge is 0.377 e. The number of hydrogen-bond donors (Lipinski definition) is 1. The van der Waals surface area contributed by atoms with Gasteiger partial charge in [0.25, 0.3) is 0 Å². The third kappa shape index (κ3) is 4.31. The lowest BCUT2D eigenvalue weighted by Gasteiger charge is -2.31. The molecule has 0 aromatic heterocycles. The van der Waals surface area contributed by atoms with Crippen molar-refractivity contribution in [3.05, 3.63) is 34.9 Å². The summed E-state index contributed by atoms with van der Waals surface area (Å²) in [4.78, 5) is 0. The highest BCUT2D eigenvalue weighted by molar-refractivity contribution is 5.35. The molecule has 0 bridgehead atoms. The van der Waals surface area contributed by atoms with Crippen molar-refractivity contribution >= 4 is 0 Å². The highest BCUT2D eigenvalue weighted by Crippen LogP contribution is 2.24. The van der Waals surface area contributed by atoms with Crippen LogP contribution in [0.15, 0.2) is 18.2 Å². The van der Waals surface area contributed by atoms with Gasteiger partial charge < -0.3 is 10.1 Å². The van der Waals surface area contributed by atoms with E-state index in [9.17, 15) is 0 Å². The van der Waals surface area contributed by atoms with E-state index in [1.165, 1.54) is 24.8 Å². The van der Waals surface area contributed by atoms with Crippen LogP contribution < -0.4 is 5.32 Å². The Labute approximate surface area is 130 Å². The van der Waals surface area contributed by atoms with Crippen molar-refractivity contribution in [2.45, 2.75) is 65.5 Å². The third-order valence-electron chi connectivity index (χ3n) is 4.50. The molecular formula is C19H31NO. The number of benzene rings is 1. The molecule has 118 valence electrons. The van der Waals surface area contributed by atoms with E-state index in [4.69, 9.17) is 4.74 Å². The molecule has 2 heteroatoms. The topological polar surface area (TPSA) is 21.3 Å². The average molecular weight is 289 g/mol. The van der Waals surface area contributed by atoms with Gasteiger partial charge in [0.2, 0.25) is 0 Å². The molecule has 1 aromatic carbocycles. The molecular weight excluding hydrogens is 258 g/mol. The van der Waals surface area contributed by atoms with Gasteiger partial charge in [0.05, 0.1) is 6.10 Å². The minimum absolute atomic E-state index is 0.281. The summed E-state index contributed by atoms with van der Waals surface area (Å²) < 4.78 is 6.02. The van der Waals surface area contributed by atoms with E-state index in [0.29, 0.717) is 12.0 Å². The Morgan fingerprint density at radius 2 is 1.90 bits per heavy atom. The first-order valence-corrected chi connectivity index (χ1v) is 8.61. The van der Waals surface area contributed by atoms with Crippen LogP contribution in [-0.4, -0.2) is 25.3 Å². The van der Waals surface area contributed by atoms with Crippen LogP contribution >= 0.6 is 0 Å². The van der Waals surface area contributed by atoms with Gasteiger partial charge in [0.1, 0.15) is 0 Å². The predicted octanol–water partition coefficient (Wildman–Crippen LogP) is 3.76. The molecule has 2 atom stereocenters. The second kappa shape index (κ2) is 7.95. The molecule has 0 heterocycles. The summed E-state index contributed by atoms with van der Waals surface area (Å²) in [6.45, 7) is 10.6. The van der Waals surface area contributed by atoms with Crippen LogP contribution in [-0.2, 0) is 24.0 Å². The Kier molecular flexibility index (Phi) is 6.25. The van der Waals surface area contributed by atoms with E-state index < -0.39 is 0 Å². The first-order valence-electron chi connectivity index (χ1n) is 8.61. The molecule has 1 N–H and O–H groups in total. The number of hydrogen-bond acceptors (Lipinski definition) is 2. The maximum atomic E-state index is 6.02. The molecule has 2 rings (SSSR count).